The summed E-state index contributed by atoms with van der Waals surface area (Å²) in [6.45, 7) is 9.00. The second-order valence-electron chi connectivity index (χ2n) is 13.8. The third-order valence-corrected chi connectivity index (χ3v) is 10.7. The van der Waals surface area contributed by atoms with Gasteiger partial charge in [0.05, 0.1) is 43.7 Å². The van der Waals surface area contributed by atoms with Gasteiger partial charge in [0.2, 0.25) is 11.8 Å². The van der Waals surface area contributed by atoms with E-state index in [4.69, 9.17) is 14.2 Å². The van der Waals surface area contributed by atoms with Gasteiger partial charge in [-0.15, -0.1) is 13.2 Å². The highest BCUT2D eigenvalue weighted by Crippen LogP contribution is 2.60. The number of likely N-dealkylation sites (tertiary alicyclic amines) is 1. The van der Waals surface area contributed by atoms with Gasteiger partial charge in [-0.05, 0) is 61.6 Å². The number of hydrogen-bond acceptors (Lipinski definition) is 8. The summed E-state index contributed by atoms with van der Waals surface area (Å²) >= 11 is 0. The molecule has 3 saturated heterocycles. The Morgan fingerprint density at radius 3 is 2.28 bits per heavy atom. The molecular weight excluding hydrogens is 674 g/mol. The fraction of sp³-hybridized carbons (Fsp3) is 0.381. The SMILES string of the molecule is C=CCCC(=O)N[C@H](C)[C@@H](OC(=O)[C@@H]1[C@@H]2CC[C@]3(O2)[C@H](C(=O)N(CC=C)c2ccc(OC)cc2)N([C@H](CO)c2ccccc2)C(=O)[C@@H]13)c1ccccc1. The molecule has 6 rings (SSSR count). The Balaban J connectivity index is 1.39. The summed E-state index contributed by atoms with van der Waals surface area (Å²) in [5, 5.41) is 13.8. The third-order valence-electron chi connectivity index (χ3n) is 10.7. The molecule has 1 spiro atoms. The molecule has 53 heavy (non-hydrogen) atoms. The number of amides is 3. The number of fused-ring (bicyclic) bond motifs is 1. The van der Waals surface area contributed by atoms with E-state index in [2.05, 4.69) is 18.5 Å². The molecule has 278 valence electrons. The van der Waals surface area contributed by atoms with Crippen molar-refractivity contribution in [3.8, 4) is 5.75 Å². The zero-order chi connectivity index (χ0) is 37.7. The Labute approximate surface area is 310 Å². The van der Waals surface area contributed by atoms with Crippen LogP contribution in [0.2, 0.25) is 0 Å². The maximum Gasteiger partial charge on any atom is 0.313 e. The molecule has 0 aromatic heterocycles. The summed E-state index contributed by atoms with van der Waals surface area (Å²) < 4.78 is 18.3. The van der Waals surface area contributed by atoms with Crippen LogP contribution < -0.4 is 15.0 Å². The first-order chi connectivity index (χ1) is 25.7. The molecule has 3 aliphatic heterocycles. The van der Waals surface area contributed by atoms with E-state index in [1.807, 2.05) is 36.4 Å². The number of methoxy groups -OCH3 is 1. The summed E-state index contributed by atoms with van der Waals surface area (Å²) in [5.41, 5.74) is 0.494. The maximum absolute atomic E-state index is 15.1. The first-order valence-electron chi connectivity index (χ1n) is 18.1. The van der Waals surface area contributed by atoms with Gasteiger partial charge in [-0.3, -0.25) is 19.2 Å². The number of ether oxygens (including phenoxy) is 3. The molecule has 0 aliphatic carbocycles. The van der Waals surface area contributed by atoms with Crippen LogP contribution in [-0.4, -0.2) is 77.7 Å². The summed E-state index contributed by atoms with van der Waals surface area (Å²) in [7, 11) is 1.56. The molecule has 11 nitrogen and oxygen atoms in total. The van der Waals surface area contributed by atoms with Crippen LogP contribution >= 0.6 is 0 Å². The van der Waals surface area contributed by atoms with E-state index in [1.54, 1.807) is 79.6 Å². The van der Waals surface area contributed by atoms with Crippen molar-refractivity contribution in [2.45, 2.75) is 68.5 Å². The van der Waals surface area contributed by atoms with Crippen LogP contribution in [0.4, 0.5) is 5.69 Å². The van der Waals surface area contributed by atoms with Gasteiger partial charge in [-0.2, -0.15) is 0 Å². The first-order valence-corrected chi connectivity index (χ1v) is 18.1. The predicted molar refractivity (Wildman–Crippen MR) is 199 cm³/mol. The molecule has 3 heterocycles. The molecule has 11 heteroatoms. The molecule has 0 radical (unpaired) electrons. The van der Waals surface area contributed by atoms with Crippen molar-refractivity contribution in [1.82, 2.24) is 10.2 Å². The van der Waals surface area contributed by atoms with Crippen molar-refractivity contribution < 1.29 is 38.5 Å². The number of hydrogen-bond donors (Lipinski definition) is 2. The highest BCUT2D eigenvalue weighted by Gasteiger charge is 2.76. The number of esters is 1. The first kappa shape index (κ1) is 37.5. The van der Waals surface area contributed by atoms with Crippen LogP contribution in [0.1, 0.15) is 55.9 Å². The number of aliphatic hydroxyl groups is 1. The van der Waals surface area contributed by atoms with Gasteiger partial charge in [-0.25, -0.2) is 0 Å². The van der Waals surface area contributed by atoms with E-state index in [1.165, 1.54) is 4.90 Å². The van der Waals surface area contributed by atoms with Gasteiger partial charge in [0.15, 0.2) is 0 Å². The molecule has 2 N–H and O–H groups in total. The Bertz CT molecular complexity index is 1800. The number of nitrogens with one attached hydrogen (secondary N) is 1. The number of carbonyl (C=O) groups is 4. The van der Waals surface area contributed by atoms with Crippen LogP contribution in [-0.2, 0) is 28.7 Å². The van der Waals surface area contributed by atoms with Crippen LogP contribution in [0.15, 0.2) is 110 Å². The molecule has 3 fully saturated rings. The average Bonchev–Trinajstić information content (AvgIpc) is 3.83. The van der Waals surface area contributed by atoms with E-state index in [-0.39, 0.29) is 18.9 Å². The Kier molecular flexibility index (Phi) is 11.4. The second-order valence-corrected chi connectivity index (χ2v) is 13.8. The lowest BCUT2D eigenvalue weighted by Gasteiger charge is -2.39. The molecule has 8 atom stereocenters. The van der Waals surface area contributed by atoms with Gasteiger partial charge in [0, 0.05) is 18.7 Å². The molecule has 3 aliphatic rings. The zero-order valence-electron chi connectivity index (χ0n) is 30.1. The average molecular weight is 722 g/mol. The lowest BCUT2D eigenvalue weighted by molar-refractivity contribution is -0.162. The van der Waals surface area contributed by atoms with E-state index in [0.29, 0.717) is 41.8 Å². The largest absolute Gasteiger partial charge is 0.497 e. The summed E-state index contributed by atoms with van der Waals surface area (Å²) in [6.07, 6.45) is 3.22. The molecular formula is C42H47N3O8. The Morgan fingerprint density at radius 1 is 1.02 bits per heavy atom. The fourth-order valence-electron chi connectivity index (χ4n) is 8.31. The molecule has 2 bridgehead atoms. The number of nitrogens with zero attached hydrogens (tertiary/aromatic N) is 2. The standard InChI is InChI=1S/C42H47N3O8/c1-5-7-18-34(47)43-27(3)37(29-16-12-9-13-17-29)52-41(50)35-33-23-24-42(53-33)36(35)39(48)45(32(26-46)28-14-10-8-11-15-28)38(42)40(49)44(25-6-2)30-19-21-31(51-4)22-20-30/h5-6,8-17,19-22,27,32-33,35-38,46H,1-2,7,18,23-26H2,3-4H3,(H,43,47)/t27-,32-,33+,35-,36-,37-,38+,42-/m1/s1. The van der Waals surface area contributed by atoms with Crippen LogP contribution in [0.3, 0.4) is 0 Å². The van der Waals surface area contributed by atoms with Gasteiger partial charge >= 0.3 is 5.97 Å². The van der Waals surface area contributed by atoms with E-state index in [9.17, 15) is 19.5 Å². The highest BCUT2D eigenvalue weighted by molar-refractivity contribution is 6.05. The number of carbonyl (C=O) groups excluding carboxylic acids is 4. The lowest BCUT2D eigenvalue weighted by Crippen LogP contribution is -2.57. The number of rotatable bonds is 16. The molecule has 0 unspecified atom stereocenters. The Morgan fingerprint density at radius 2 is 1.68 bits per heavy atom. The monoisotopic (exact) mass is 721 g/mol. The molecule has 3 aromatic rings. The third kappa shape index (κ3) is 7.11. The van der Waals surface area contributed by atoms with Gasteiger partial charge in [-0.1, -0.05) is 72.8 Å². The second kappa shape index (κ2) is 16.2. The van der Waals surface area contributed by atoms with Crippen molar-refractivity contribution in [3.63, 3.8) is 0 Å². The number of benzene rings is 3. The van der Waals surface area contributed by atoms with Crippen LogP contribution in [0.25, 0.3) is 0 Å². The van der Waals surface area contributed by atoms with Gasteiger partial charge in [0.1, 0.15) is 23.5 Å². The minimum atomic E-state index is -1.37. The van der Waals surface area contributed by atoms with Gasteiger partial charge < -0.3 is 34.4 Å². The Hall–Kier alpha value is -5.26. The minimum Gasteiger partial charge on any atom is -0.497 e. The van der Waals surface area contributed by atoms with E-state index >= 15 is 4.79 Å². The van der Waals surface area contributed by atoms with Crippen LogP contribution in [0, 0.1) is 11.8 Å². The summed E-state index contributed by atoms with van der Waals surface area (Å²) in [6, 6.07) is 22.5. The van der Waals surface area contributed by atoms with E-state index in [0.717, 1.165) is 0 Å². The van der Waals surface area contributed by atoms with Gasteiger partial charge in [0.25, 0.3) is 5.91 Å². The highest BCUT2D eigenvalue weighted by atomic mass is 16.6. The topological polar surface area (TPSA) is 135 Å². The quantitative estimate of drug-likeness (QED) is 0.155. The molecule has 3 amide bonds. The zero-order valence-corrected chi connectivity index (χ0v) is 30.1. The minimum absolute atomic E-state index is 0.129. The normalized spacial score (nSPS) is 24.4. The van der Waals surface area contributed by atoms with Crippen LogP contribution in [0.5, 0.6) is 5.75 Å². The predicted octanol–water partition coefficient (Wildman–Crippen LogP) is 5.08. The van der Waals surface area contributed by atoms with Crippen molar-refractivity contribution in [2.24, 2.45) is 11.8 Å². The summed E-state index contributed by atoms with van der Waals surface area (Å²) in [5.74, 6) is -3.23. The molecule has 0 saturated carbocycles. The number of allylic oxidation sites excluding steroid dienone is 1. The van der Waals surface area contributed by atoms with Crippen molar-refractivity contribution in [1.29, 1.82) is 0 Å². The van der Waals surface area contributed by atoms with Crippen molar-refractivity contribution >= 4 is 29.4 Å². The fourth-order valence-corrected chi connectivity index (χ4v) is 8.31. The van der Waals surface area contributed by atoms with Crippen molar-refractivity contribution in [2.75, 3.05) is 25.2 Å². The summed E-state index contributed by atoms with van der Waals surface area (Å²) in [4.78, 5) is 60.2. The maximum atomic E-state index is 15.1. The van der Waals surface area contributed by atoms with E-state index < -0.39 is 72.2 Å². The van der Waals surface area contributed by atoms with Crippen molar-refractivity contribution in [3.05, 3.63) is 121 Å². The smallest absolute Gasteiger partial charge is 0.313 e. The lowest BCUT2D eigenvalue weighted by atomic mass is 9.70. The molecule has 3 aromatic carbocycles. The number of aliphatic hydroxyl groups excluding tert-OH is 1. The number of anilines is 1.